The van der Waals surface area contributed by atoms with Crippen LogP contribution in [0.5, 0.6) is 0 Å². The van der Waals surface area contributed by atoms with Gasteiger partial charge < -0.3 is 10.0 Å². The van der Waals surface area contributed by atoms with Crippen LogP contribution in [0.15, 0.2) is 36.8 Å². The van der Waals surface area contributed by atoms with E-state index >= 15 is 0 Å². The van der Waals surface area contributed by atoms with Gasteiger partial charge in [-0.05, 0) is 25.0 Å². The Kier molecular flexibility index (Phi) is 4.50. The summed E-state index contributed by atoms with van der Waals surface area (Å²) >= 11 is 0. The van der Waals surface area contributed by atoms with Gasteiger partial charge in [0, 0.05) is 13.2 Å². The molecule has 0 saturated carbocycles. The van der Waals surface area contributed by atoms with Crippen molar-refractivity contribution in [1.82, 2.24) is 14.9 Å². The number of carboxylic acid groups (broad SMARTS) is 1. The zero-order valence-corrected chi connectivity index (χ0v) is 12.6. The topological polar surface area (TPSA) is 83.4 Å². The Bertz CT molecular complexity index is 715. The third-order valence-electron chi connectivity index (χ3n) is 3.57. The lowest BCUT2D eigenvalue weighted by atomic mass is 9.99. The first kappa shape index (κ1) is 15.6. The Morgan fingerprint density at radius 1 is 1.23 bits per heavy atom. The number of amides is 1. The number of aromatic nitrogens is 2. The van der Waals surface area contributed by atoms with Gasteiger partial charge in [0.05, 0.1) is 11.3 Å². The quantitative estimate of drug-likeness (QED) is 0.933. The summed E-state index contributed by atoms with van der Waals surface area (Å²) in [6.07, 6.45) is 2.75. The first-order valence-electron chi connectivity index (χ1n) is 6.75. The molecule has 0 saturated heterocycles. The summed E-state index contributed by atoms with van der Waals surface area (Å²) < 4.78 is 0. The molecule has 1 aromatic heterocycles. The van der Waals surface area contributed by atoms with Gasteiger partial charge in [-0.3, -0.25) is 4.79 Å². The van der Waals surface area contributed by atoms with Crippen LogP contribution >= 0.6 is 0 Å². The summed E-state index contributed by atoms with van der Waals surface area (Å²) in [4.78, 5) is 33.3. The van der Waals surface area contributed by atoms with E-state index in [4.69, 9.17) is 0 Å². The highest BCUT2D eigenvalue weighted by Crippen LogP contribution is 2.24. The number of carbonyl (C=O) groups is 2. The second-order valence-electron chi connectivity index (χ2n) is 5.04. The van der Waals surface area contributed by atoms with Gasteiger partial charge in [0.2, 0.25) is 0 Å². The molecule has 0 radical (unpaired) electrons. The molecule has 0 fully saturated rings. The van der Waals surface area contributed by atoms with E-state index in [2.05, 4.69) is 9.97 Å². The molecule has 1 N–H and O–H groups in total. The Morgan fingerprint density at radius 3 is 2.50 bits per heavy atom. The summed E-state index contributed by atoms with van der Waals surface area (Å²) in [6, 6.07) is 6.06. The minimum Gasteiger partial charge on any atom is -0.479 e. The lowest BCUT2D eigenvalue weighted by Crippen LogP contribution is -2.36. The van der Waals surface area contributed by atoms with E-state index < -0.39 is 17.9 Å². The normalized spacial score (nSPS) is 11.8. The molecule has 1 atom stereocenters. The Balaban J connectivity index is 2.42. The van der Waals surface area contributed by atoms with Crippen molar-refractivity contribution in [2.45, 2.75) is 19.9 Å². The molecule has 22 heavy (non-hydrogen) atoms. The predicted molar refractivity (Wildman–Crippen MR) is 80.4 cm³/mol. The number of nitrogens with zero attached hydrogens (tertiary/aromatic N) is 3. The molecule has 0 aliphatic carbocycles. The highest BCUT2D eigenvalue weighted by atomic mass is 16.4. The van der Waals surface area contributed by atoms with Crippen molar-refractivity contribution in [3.05, 3.63) is 59.2 Å². The third kappa shape index (κ3) is 2.95. The van der Waals surface area contributed by atoms with Crippen molar-refractivity contribution >= 4 is 11.9 Å². The standard InChI is InChI=1S/C16H17N3O3/c1-10-6-4-5-7-12(10)14(16(21)22)19(3)15(20)13-8-17-9-18-11(13)2/h4-9,14H,1-3H3,(H,21,22). The third-order valence-corrected chi connectivity index (χ3v) is 3.57. The lowest BCUT2D eigenvalue weighted by molar-refractivity contribution is -0.142. The van der Waals surface area contributed by atoms with Crippen molar-refractivity contribution in [3.63, 3.8) is 0 Å². The lowest BCUT2D eigenvalue weighted by Gasteiger charge is -2.26. The number of carboxylic acids is 1. The molecule has 6 nitrogen and oxygen atoms in total. The fourth-order valence-electron chi connectivity index (χ4n) is 2.31. The van der Waals surface area contributed by atoms with Gasteiger partial charge in [-0.2, -0.15) is 0 Å². The number of hydrogen-bond donors (Lipinski definition) is 1. The Morgan fingerprint density at radius 2 is 1.91 bits per heavy atom. The number of benzene rings is 1. The van der Waals surface area contributed by atoms with Crippen LogP contribution in [0.2, 0.25) is 0 Å². The van der Waals surface area contributed by atoms with Crippen molar-refractivity contribution in [3.8, 4) is 0 Å². The van der Waals surface area contributed by atoms with Gasteiger partial charge >= 0.3 is 5.97 Å². The van der Waals surface area contributed by atoms with Gasteiger partial charge in [0.15, 0.2) is 6.04 Å². The van der Waals surface area contributed by atoms with Crippen LogP contribution in [0.1, 0.15) is 33.2 Å². The van der Waals surface area contributed by atoms with Crippen LogP contribution in [0.4, 0.5) is 0 Å². The first-order chi connectivity index (χ1) is 10.4. The average Bonchev–Trinajstić information content (AvgIpc) is 2.49. The van der Waals surface area contributed by atoms with Crippen LogP contribution in [0.25, 0.3) is 0 Å². The molecule has 0 aliphatic rings. The number of hydrogen-bond acceptors (Lipinski definition) is 4. The molecule has 1 heterocycles. The molecule has 6 heteroatoms. The van der Waals surface area contributed by atoms with Gasteiger partial charge in [0.1, 0.15) is 6.33 Å². The average molecular weight is 299 g/mol. The summed E-state index contributed by atoms with van der Waals surface area (Å²) in [5.41, 5.74) is 2.21. The minimum atomic E-state index is -1.08. The van der Waals surface area contributed by atoms with Crippen LogP contribution in [0, 0.1) is 13.8 Å². The van der Waals surface area contributed by atoms with Crippen LogP contribution < -0.4 is 0 Å². The largest absolute Gasteiger partial charge is 0.479 e. The Labute approximate surface area is 128 Å². The summed E-state index contributed by atoms with van der Waals surface area (Å²) in [7, 11) is 1.47. The van der Waals surface area contributed by atoms with Crippen molar-refractivity contribution < 1.29 is 14.7 Å². The van der Waals surface area contributed by atoms with E-state index in [0.717, 1.165) is 5.56 Å². The highest BCUT2D eigenvalue weighted by molar-refractivity contribution is 5.97. The van der Waals surface area contributed by atoms with E-state index in [-0.39, 0.29) is 0 Å². The minimum absolute atomic E-state index is 0.296. The van der Waals surface area contributed by atoms with Crippen molar-refractivity contribution in [1.29, 1.82) is 0 Å². The molecular weight excluding hydrogens is 282 g/mol. The van der Waals surface area contributed by atoms with Crippen molar-refractivity contribution in [2.75, 3.05) is 7.05 Å². The SMILES string of the molecule is Cc1ccccc1C(C(=O)O)N(C)C(=O)c1cncnc1C. The maximum Gasteiger partial charge on any atom is 0.331 e. The van der Waals surface area contributed by atoms with E-state index in [0.29, 0.717) is 16.8 Å². The highest BCUT2D eigenvalue weighted by Gasteiger charge is 2.30. The number of aliphatic carboxylic acids is 1. The van der Waals surface area contributed by atoms with Gasteiger partial charge in [0.25, 0.3) is 5.91 Å². The molecule has 1 amide bonds. The molecule has 1 aromatic carbocycles. The number of carbonyl (C=O) groups excluding carboxylic acids is 1. The molecule has 0 spiro atoms. The zero-order chi connectivity index (χ0) is 16.3. The number of likely N-dealkylation sites (N-methyl/N-ethyl adjacent to an activating group) is 1. The fraction of sp³-hybridized carbons (Fsp3) is 0.250. The molecule has 114 valence electrons. The van der Waals surface area contributed by atoms with Gasteiger partial charge in [-0.1, -0.05) is 24.3 Å². The zero-order valence-electron chi connectivity index (χ0n) is 12.6. The van der Waals surface area contributed by atoms with Gasteiger partial charge in [-0.15, -0.1) is 0 Å². The molecule has 2 rings (SSSR count). The molecule has 2 aromatic rings. The van der Waals surface area contributed by atoms with Gasteiger partial charge in [-0.25, -0.2) is 14.8 Å². The summed E-state index contributed by atoms with van der Waals surface area (Å²) in [5, 5.41) is 9.56. The molecular formula is C16H17N3O3. The van der Waals surface area contributed by atoms with Crippen LogP contribution in [-0.2, 0) is 4.79 Å². The van der Waals surface area contributed by atoms with E-state index in [1.54, 1.807) is 19.1 Å². The van der Waals surface area contributed by atoms with E-state index in [1.807, 2.05) is 19.1 Å². The van der Waals surface area contributed by atoms with E-state index in [9.17, 15) is 14.7 Å². The van der Waals surface area contributed by atoms with E-state index in [1.165, 1.54) is 24.5 Å². The Hall–Kier alpha value is -2.76. The fourth-order valence-corrected chi connectivity index (χ4v) is 2.31. The smallest absolute Gasteiger partial charge is 0.331 e. The van der Waals surface area contributed by atoms with Crippen LogP contribution in [0.3, 0.4) is 0 Å². The van der Waals surface area contributed by atoms with Crippen LogP contribution in [-0.4, -0.2) is 38.9 Å². The number of rotatable bonds is 4. The van der Waals surface area contributed by atoms with Crippen molar-refractivity contribution in [2.24, 2.45) is 0 Å². The maximum absolute atomic E-state index is 12.6. The second kappa shape index (κ2) is 6.34. The first-order valence-corrected chi connectivity index (χ1v) is 6.75. The molecule has 1 unspecified atom stereocenters. The maximum atomic E-state index is 12.6. The molecule has 0 bridgehead atoms. The summed E-state index contributed by atoms with van der Waals surface area (Å²) in [6.45, 7) is 3.51. The second-order valence-corrected chi connectivity index (χ2v) is 5.04. The number of aryl methyl sites for hydroxylation is 2. The predicted octanol–water partition coefficient (Wildman–Crippen LogP) is 1.99. The summed E-state index contributed by atoms with van der Waals surface area (Å²) in [5.74, 6) is -1.51. The monoisotopic (exact) mass is 299 g/mol. The molecule has 0 aliphatic heterocycles.